The standard InChI is InChI=1S/C11H15N.ClH/c1-5-10-6-11(12)9(4)7(2)8(10)3;/h5-6H,1,12H2,2-4H3;1H. The van der Waals surface area contributed by atoms with E-state index in [0.717, 1.165) is 11.3 Å². The molecule has 1 aromatic rings. The van der Waals surface area contributed by atoms with E-state index in [-0.39, 0.29) is 12.4 Å². The van der Waals surface area contributed by atoms with E-state index in [1.807, 2.05) is 19.1 Å². The van der Waals surface area contributed by atoms with E-state index < -0.39 is 0 Å². The molecule has 0 fully saturated rings. The van der Waals surface area contributed by atoms with Crippen molar-refractivity contribution < 1.29 is 0 Å². The van der Waals surface area contributed by atoms with Crippen LogP contribution in [0.1, 0.15) is 22.3 Å². The smallest absolute Gasteiger partial charge is 0.0352 e. The summed E-state index contributed by atoms with van der Waals surface area (Å²) >= 11 is 0. The SMILES string of the molecule is C=Cc1cc(N)c(C)c(C)c1C.Cl. The van der Waals surface area contributed by atoms with Crippen molar-refractivity contribution in [2.75, 3.05) is 5.73 Å². The van der Waals surface area contributed by atoms with Gasteiger partial charge in [0.1, 0.15) is 0 Å². The molecule has 0 aliphatic rings. The van der Waals surface area contributed by atoms with Gasteiger partial charge in [-0.25, -0.2) is 0 Å². The highest BCUT2D eigenvalue weighted by Crippen LogP contribution is 2.23. The molecule has 72 valence electrons. The lowest BCUT2D eigenvalue weighted by Gasteiger charge is -2.10. The molecule has 0 atom stereocenters. The van der Waals surface area contributed by atoms with E-state index in [1.54, 1.807) is 0 Å². The molecule has 0 amide bonds. The molecule has 1 aromatic carbocycles. The van der Waals surface area contributed by atoms with E-state index in [1.165, 1.54) is 16.7 Å². The fraction of sp³-hybridized carbons (Fsp3) is 0.273. The van der Waals surface area contributed by atoms with Crippen LogP contribution in [0.5, 0.6) is 0 Å². The first-order valence-electron chi connectivity index (χ1n) is 4.06. The summed E-state index contributed by atoms with van der Waals surface area (Å²) in [6.45, 7) is 9.98. The van der Waals surface area contributed by atoms with Gasteiger partial charge >= 0.3 is 0 Å². The molecule has 0 aliphatic heterocycles. The largest absolute Gasteiger partial charge is 0.398 e. The van der Waals surface area contributed by atoms with E-state index >= 15 is 0 Å². The quantitative estimate of drug-likeness (QED) is 0.688. The lowest BCUT2D eigenvalue weighted by atomic mass is 9.97. The second-order valence-electron chi connectivity index (χ2n) is 3.13. The zero-order valence-corrected chi connectivity index (χ0v) is 9.16. The van der Waals surface area contributed by atoms with Crippen molar-refractivity contribution in [3.05, 3.63) is 34.9 Å². The number of halogens is 1. The van der Waals surface area contributed by atoms with Gasteiger partial charge in [-0.2, -0.15) is 0 Å². The molecule has 2 N–H and O–H groups in total. The van der Waals surface area contributed by atoms with E-state index in [9.17, 15) is 0 Å². The lowest BCUT2D eigenvalue weighted by molar-refractivity contribution is 1.26. The molecular formula is C11H16ClN. The number of hydrogen-bond acceptors (Lipinski definition) is 1. The van der Waals surface area contributed by atoms with Gasteiger partial charge in [0.15, 0.2) is 0 Å². The fourth-order valence-corrected chi connectivity index (χ4v) is 1.31. The van der Waals surface area contributed by atoms with Gasteiger partial charge in [-0.1, -0.05) is 12.7 Å². The van der Waals surface area contributed by atoms with Crippen molar-refractivity contribution in [1.82, 2.24) is 0 Å². The summed E-state index contributed by atoms with van der Waals surface area (Å²) in [6.07, 6.45) is 1.85. The Morgan fingerprint density at radius 2 is 1.69 bits per heavy atom. The molecule has 2 heteroatoms. The Labute approximate surface area is 86.1 Å². The Morgan fingerprint density at radius 1 is 1.15 bits per heavy atom. The second-order valence-corrected chi connectivity index (χ2v) is 3.13. The topological polar surface area (TPSA) is 26.0 Å². The lowest BCUT2D eigenvalue weighted by Crippen LogP contribution is -1.97. The third-order valence-electron chi connectivity index (χ3n) is 2.52. The summed E-state index contributed by atoms with van der Waals surface area (Å²) in [5, 5.41) is 0. The normalized spacial score (nSPS) is 9.15. The number of hydrogen-bond donors (Lipinski definition) is 1. The number of anilines is 1. The Balaban J connectivity index is 0.00000144. The summed E-state index contributed by atoms with van der Waals surface area (Å²) in [4.78, 5) is 0. The van der Waals surface area contributed by atoms with Crippen molar-refractivity contribution in [1.29, 1.82) is 0 Å². The minimum Gasteiger partial charge on any atom is -0.398 e. The first kappa shape index (κ1) is 12.0. The zero-order chi connectivity index (χ0) is 9.30. The van der Waals surface area contributed by atoms with Gasteiger partial charge < -0.3 is 5.73 Å². The first-order chi connectivity index (χ1) is 5.57. The monoisotopic (exact) mass is 197 g/mol. The molecule has 1 nitrogen and oxygen atoms in total. The van der Waals surface area contributed by atoms with Crippen molar-refractivity contribution in [3.63, 3.8) is 0 Å². The summed E-state index contributed by atoms with van der Waals surface area (Å²) in [6, 6.07) is 1.98. The first-order valence-corrected chi connectivity index (χ1v) is 4.06. The molecule has 13 heavy (non-hydrogen) atoms. The average Bonchev–Trinajstić information content (AvgIpc) is 2.08. The summed E-state index contributed by atoms with van der Waals surface area (Å²) < 4.78 is 0. The Kier molecular flexibility index (Phi) is 4.02. The molecule has 0 spiro atoms. The predicted octanol–water partition coefficient (Wildman–Crippen LogP) is 3.26. The summed E-state index contributed by atoms with van der Waals surface area (Å²) in [5.41, 5.74) is 11.5. The van der Waals surface area contributed by atoms with Crippen LogP contribution in [0, 0.1) is 20.8 Å². The van der Waals surface area contributed by atoms with Crippen LogP contribution in [0.3, 0.4) is 0 Å². The molecule has 0 heterocycles. The van der Waals surface area contributed by atoms with Crippen LogP contribution in [0.15, 0.2) is 12.6 Å². The Morgan fingerprint density at radius 3 is 2.15 bits per heavy atom. The van der Waals surface area contributed by atoms with E-state index in [4.69, 9.17) is 5.73 Å². The van der Waals surface area contributed by atoms with Crippen LogP contribution in [0.4, 0.5) is 5.69 Å². The molecule has 0 aromatic heterocycles. The highest BCUT2D eigenvalue weighted by Gasteiger charge is 2.04. The highest BCUT2D eigenvalue weighted by atomic mass is 35.5. The number of rotatable bonds is 1. The van der Waals surface area contributed by atoms with Crippen molar-refractivity contribution in [3.8, 4) is 0 Å². The van der Waals surface area contributed by atoms with Gasteiger partial charge in [-0.15, -0.1) is 12.4 Å². The maximum absolute atomic E-state index is 5.82. The minimum atomic E-state index is 0. The van der Waals surface area contributed by atoms with E-state index in [2.05, 4.69) is 20.4 Å². The molecule has 0 saturated heterocycles. The Bertz CT molecular complexity index is 329. The molecule has 0 saturated carbocycles. The van der Waals surface area contributed by atoms with Crippen molar-refractivity contribution in [2.24, 2.45) is 0 Å². The molecule has 0 aliphatic carbocycles. The molecule has 1 rings (SSSR count). The van der Waals surface area contributed by atoms with E-state index in [0.29, 0.717) is 0 Å². The third kappa shape index (κ3) is 2.04. The van der Waals surface area contributed by atoms with Crippen LogP contribution in [0.25, 0.3) is 6.08 Å². The number of nitrogens with two attached hydrogens (primary N) is 1. The summed E-state index contributed by atoms with van der Waals surface area (Å²) in [7, 11) is 0. The van der Waals surface area contributed by atoms with Crippen LogP contribution < -0.4 is 5.73 Å². The van der Waals surface area contributed by atoms with Gasteiger partial charge in [0.2, 0.25) is 0 Å². The Hall–Kier alpha value is -0.950. The van der Waals surface area contributed by atoms with Crippen molar-refractivity contribution >= 4 is 24.2 Å². The highest BCUT2D eigenvalue weighted by molar-refractivity contribution is 5.85. The minimum absolute atomic E-state index is 0. The zero-order valence-electron chi connectivity index (χ0n) is 8.35. The van der Waals surface area contributed by atoms with Crippen LogP contribution in [-0.2, 0) is 0 Å². The fourth-order valence-electron chi connectivity index (χ4n) is 1.31. The molecule has 0 bridgehead atoms. The van der Waals surface area contributed by atoms with Crippen LogP contribution in [-0.4, -0.2) is 0 Å². The van der Waals surface area contributed by atoms with Gasteiger partial charge in [-0.3, -0.25) is 0 Å². The number of nitrogen functional groups attached to an aromatic ring is 1. The third-order valence-corrected chi connectivity index (χ3v) is 2.52. The van der Waals surface area contributed by atoms with Gasteiger partial charge in [0.25, 0.3) is 0 Å². The maximum Gasteiger partial charge on any atom is 0.0352 e. The van der Waals surface area contributed by atoms with Crippen LogP contribution in [0.2, 0.25) is 0 Å². The predicted molar refractivity (Wildman–Crippen MR) is 62.4 cm³/mol. The van der Waals surface area contributed by atoms with Crippen molar-refractivity contribution in [2.45, 2.75) is 20.8 Å². The van der Waals surface area contributed by atoms with Gasteiger partial charge in [-0.05, 0) is 49.1 Å². The molecule has 0 radical (unpaired) electrons. The molecular weight excluding hydrogens is 182 g/mol. The van der Waals surface area contributed by atoms with Gasteiger partial charge in [0, 0.05) is 5.69 Å². The average molecular weight is 198 g/mol. The van der Waals surface area contributed by atoms with Gasteiger partial charge in [0.05, 0.1) is 0 Å². The molecule has 0 unspecified atom stereocenters. The maximum atomic E-state index is 5.82. The summed E-state index contributed by atoms with van der Waals surface area (Å²) in [5.74, 6) is 0. The number of benzene rings is 1. The second kappa shape index (κ2) is 4.33. The van der Waals surface area contributed by atoms with Crippen LogP contribution >= 0.6 is 12.4 Å².